The van der Waals surface area contributed by atoms with Gasteiger partial charge in [-0.05, 0) is 43.5 Å². The van der Waals surface area contributed by atoms with E-state index in [0.717, 1.165) is 30.2 Å². The molecule has 0 bridgehead atoms. The van der Waals surface area contributed by atoms with Crippen LogP contribution in [0.25, 0.3) is 0 Å². The second-order valence-corrected chi connectivity index (χ2v) is 5.75. The standard InChI is InChI=1S/C15H23ClN2O/c1-12-4-5-13(15(16)9-12)10-18(7-8-19)11-14-3-2-6-17-14/h4-5,9,14,17,19H,2-3,6-8,10-11H2,1H3. The molecule has 3 nitrogen and oxygen atoms in total. The largest absolute Gasteiger partial charge is 0.395 e. The molecule has 1 aromatic rings. The Kier molecular flexibility index (Phi) is 5.64. The van der Waals surface area contributed by atoms with Crippen LogP contribution in [0.3, 0.4) is 0 Å². The molecule has 19 heavy (non-hydrogen) atoms. The van der Waals surface area contributed by atoms with Crippen molar-refractivity contribution in [3.05, 3.63) is 34.3 Å². The fourth-order valence-electron chi connectivity index (χ4n) is 2.62. The molecule has 1 aliphatic rings. The van der Waals surface area contributed by atoms with E-state index in [1.54, 1.807) is 0 Å². The van der Waals surface area contributed by atoms with Gasteiger partial charge in [-0.15, -0.1) is 0 Å². The number of benzene rings is 1. The topological polar surface area (TPSA) is 35.5 Å². The van der Waals surface area contributed by atoms with Crippen LogP contribution in [0.1, 0.15) is 24.0 Å². The molecule has 2 rings (SSSR count). The van der Waals surface area contributed by atoms with E-state index in [9.17, 15) is 5.11 Å². The van der Waals surface area contributed by atoms with Crippen LogP contribution in [0.2, 0.25) is 5.02 Å². The first kappa shape index (κ1) is 14.8. The molecule has 106 valence electrons. The van der Waals surface area contributed by atoms with E-state index in [4.69, 9.17) is 11.6 Å². The Morgan fingerprint density at radius 1 is 1.47 bits per heavy atom. The number of halogens is 1. The Morgan fingerprint density at radius 2 is 2.32 bits per heavy atom. The number of nitrogens with one attached hydrogen (secondary N) is 1. The minimum absolute atomic E-state index is 0.191. The van der Waals surface area contributed by atoms with Crippen LogP contribution in [0, 0.1) is 6.92 Å². The fraction of sp³-hybridized carbons (Fsp3) is 0.600. The van der Waals surface area contributed by atoms with E-state index >= 15 is 0 Å². The Balaban J connectivity index is 1.98. The number of nitrogens with zero attached hydrogens (tertiary/aromatic N) is 1. The number of aliphatic hydroxyl groups excluding tert-OH is 1. The summed E-state index contributed by atoms with van der Waals surface area (Å²) in [6.45, 7) is 5.83. The maximum absolute atomic E-state index is 9.21. The molecule has 0 radical (unpaired) electrons. The molecular formula is C15H23ClN2O. The zero-order chi connectivity index (χ0) is 13.7. The van der Waals surface area contributed by atoms with Gasteiger partial charge in [-0.25, -0.2) is 0 Å². The van der Waals surface area contributed by atoms with Gasteiger partial charge >= 0.3 is 0 Å². The van der Waals surface area contributed by atoms with Crippen LogP contribution < -0.4 is 5.32 Å². The van der Waals surface area contributed by atoms with E-state index < -0.39 is 0 Å². The molecule has 1 fully saturated rings. The molecule has 0 aromatic heterocycles. The summed E-state index contributed by atoms with van der Waals surface area (Å²) >= 11 is 6.29. The SMILES string of the molecule is Cc1ccc(CN(CCO)CC2CCCN2)c(Cl)c1. The Bertz CT molecular complexity index is 405. The average Bonchev–Trinajstić information content (AvgIpc) is 2.86. The minimum Gasteiger partial charge on any atom is -0.395 e. The third kappa shape index (κ3) is 4.46. The molecular weight excluding hydrogens is 260 g/mol. The van der Waals surface area contributed by atoms with Gasteiger partial charge in [0.25, 0.3) is 0 Å². The first-order valence-electron chi connectivity index (χ1n) is 7.00. The highest BCUT2D eigenvalue weighted by atomic mass is 35.5. The first-order chi connectivity index (χ1) is 9.19. The second kappa shape index (κ2) is 7.25. The lowest BCUT2D eigenvalue weighted by Gasteiger charge is -2.25. The van der Waals surface area contributed by atoms with Crippen LogP contribution in [0.15, 0.2) is 18.2 Å². The molecule has 1 atom stereocenters. The van der Waals surface area contributed by atoms with Gasteiger partial charge in [0.05, 0.1) is 6.61 Å². The van der Waals surface area contributed by atoms with Gasteiger partial charge in [0, 0.05) is 30.7 Å². The molecule has 4 heteroatoms. The van der Waals surface area contributed by atoms with Crippen LogP contribution >= 0.6 is 11.6 Å². The average molecular weight is 283 g/mol. The summed E-state index contributed by atoms with van der Waals surface area (Å²) < 4.78 is 0. The lowest BCUT2D eigenvalue weighted by Crippen LogP contribution is -2.38. The molecule has 2 N–H and O–H groups in total. The molecule has 1 aliphatic heterocycles. The fourth-order valence-corrected chi connectivity index (χ4v) is 2.92. The maximum Gasteiger partial charge on any atom is 0.0558 e. The summed E-state index contributed by atoms with van der Waals surface area (Å²) in [5.41, 5.74) is 2.32. The quantitative estimate of drug-likeness (QED) is 0.840. The number of aryl methyl sites for hydroxylation is 1. The maximum atomic E-state index is 9.21. The summed E-state index contributed by atoms with van der Waals surface area (Å²) in [7, 11) is 0. The van der Waals surface area contributed by atoms with Gasteiger partial charge in [0.1, 0.15) is 0 Å². The van der Waals surface area contributed by atoms with Crippen molar-refractivity contribution in [3.8, 4) is 0 Å². The third-order valence-corrected chi connectivity index (χ3v) is 4.01. The van der Waals surface area contributed by atoms with Crippen molar-refractivity contribution < 1.29 is 5.11 Å². The van der Waals surface area contributed by atoms with Gasteiger partial charge in [0.2, 0.25) is 0 Å². The lowest BCUT2D eigenvalue weighted by atomic mass is 10.1. The van der Waals surface area contributed by atoms with Crippen molar-refractivity contribution in [3.63, 3.8) is 0 Å². The Labute approximate surface area is 120 Å². The Morgan fingerprint density at radius 3 is 2.95 bits per heavy atom. The number of hydrogen-bond donors (Lipinski definition) is 2. The second-order valence-electron chi connectivity index (χ2n) is 5.35. The zero-order valence-corrected chi connectivity index (χ0v) is 12.3. The van der Waals surface area contributed by atoms with Crippen LogP contribution in [-0.4, -0.2) is 42.3 Å². The summed E-state index contributed by atoms with van der Waals surface area (Å²) in [4.78, 5) is 2.28. The van der Waals surface area contributed by atoms with Crippen molar-refractivity contribution in [1.82, 2.24) is 10.2 Å². The summed E-state index contributed by atoms with van der Waals surface area (Å²) in [5, 5.41) is 13.5. The predicted octanol–water partition coefficient (Wildman–Crippen LogP) is 2.19. The third-order valence-electron chi connectivity index (χ3n) is 3.66. The Hall–Kier alpha value is -0.610. The van der Waals surface area contributed by atoms with E-state index in [0.29, 0.717) is 12.6 Å². The van der Waals surface area contributed by atoms with Crippen molar-refractivity contribution in [2.45, 2.75) is 32.4 Å². The van der Waals surface area contributed by atoms with E-state index in [1.807, 2.05) is 13.0 Å². The molecule has 0 aliphatic carbocycles. The van der Waals surface area contributed by atoms with Gasteiger partial charge in [-0.1, -0.05) is 23.7 Å². The van der Waals surface area contributed by atoms with Crippen LogP contribution in [0.4, 0.5) is 0 Å². The smallest absolute Gasteiger partial charge is 0.0558 e. The molecule has 0 spiro atoms. The van der Waals surface area contributed by atoms with Crippen molar-refractivity contribution in [1.29, 1.82) is 0 Å². The van der Waals surface area contributed by atoms with Gasteiger partial charge < -0.3 is 10.4 Å². The highest BCUT2D eigenvalue weighted by Gasteiger charge is 2.18. The number of aliphatic hydroxyl groups is 1. The zero-order valence-electron chi connectivity index (χ0n) is 11.5. The summed E-state index contributed by atoms with van der Waals surface area (Å²) in [6.07, 6.45) is 2.48. The van der Waals surface area contributed by atoms with Crippen molar-refractivity contribution in [2.75, 3.05) is 26.2 Å². The highest BCUT2D eigenvalue weighted by Crippen LogP contribution is 2.20. The minimum atomic E-state index is 0.191. The van der Waals surface area contributed by atoms with Gasteiger partial charge in [-0.3, -0.25) is 4.90 Å². The normalized spacial score (nSPS) is 19.3. The number of hydrogen-bond acceptors (Lipinski definition) is 3. The molecule has 1 heterocycles. The molecule has 1 unspecified atom stereocenters. The van der Waals surface area contributed by atoms with Crippen LogP contribution in [0.5, 0.6) is 0 Å². The van der Waals surface area contributed by atoms with Crippen molar-refractivity contribution >= 4 is 11.6 Å². The molecule has 1 aromatic carbocycles. The van der Waals surface area contributed by atoms with Gasteiger partial charge in [0.15, 0.2) is 0 Å². The van der Waals surface area contributed by atoms with Crippen molar-refractivity contribution in [2.24, 2.45) is 0 Å². The van der Waals surface area contributed by atoms with E-state index in [2.05, 4.69) is 22.3 Å². The lowest BCUT2D eigenvalue weighted by molar-refractivity contribution is 0.179. The predicted molar refractivity (Wildman–Crippen MR) is 79.6 cm³/mol. The van der Waals surface area contributed by atoms with Gasteiger partial charge in [-0.2, -0.15) is 0 Å². The summed E-state index contributed by atoms with van der Waals surface area (Å²) in [6, 6.07) is 6.73. The monoisotopic (exact) mass is 282 g/mol. The number of rotatable bonds is 6. The van der Waals surface area contributed by atoms with E-state index in [-0.39, 0.29) is 6.61 Å². The molecule has 1 saturated heterocycles. The van der Waals surface area contributed by atoms with E-state index in [1.165, 1.54) is 18.4 Å². The molecule has 0 saturated carbocycles. The highest BCUT2D eigenvalue weighted by molar-refractivity contribution is 6.31. The first-order valence-corrected chi connectivity index (χ1v) is 7.38. The summed E-state index contributed by atoms with van der Waals surface area (Å²) in [5.74, 6) is 0. The molecule has 0 amide bonds. The van der Waals surface area contributed by atoms with Crippen LogP contribution in [-0.2, 0) is 6.54 Å².